The van der Waals surface area contributed by atoms with Crippen molar-refractivity contribution in [1.29, 1.82) is 0 Å². The third-order valence-electron chi connectivity index (χ3n) is 3.31. The predicted octanol–water partition coefficient (Wildman–Crippen LogP) is 5.01. The van der Waals surface area contributed by atoms with Gasteiger partial charge in [0, 0.05) is 17.1 Å². The maximum Gasteiger partial charge on any atom is 0.393 e. The van der Waals surface area contributed by atoms with E-state index in [0.717, 1.165) is 22.0 Å². The Bertz CT molecular complexity index is 756. The van der Waals surface area contributed by atoms with Gasteiger partial charge in [0.2, 0.25) is 0 Å². The Labute approximate surface area is 120 Å². The third-order valence-corrected chi connectivity index (χ3v) is 3.31. The number of nitrogens with zero attached hydrogens (tertiary/aromatic N) is 1. The zero-order chi connectivity index (χ0) is 14.9. The fraction of sp³-hybridized carbons (Fsp3) is 0.118. The lowest BCUT2D eigenvalue weighted by Gasteiger charge is -2.08. The molecule has 0 fully saturated rings. The van der Waals surface area contributed by atoms with E-state index >= 15 is 0 Å². The van der Waals surface area contributed by atoms with Gasteiger partial charge in [0.05, 0.1) is 12.1 Å². The van der Waals surface area contributed by atoms with Crippen LogP contribution in [-0.4, -0.2) is 11.2 Å². The van der Waals surface area contributed by atoms with Crippen LogP contribution in [0.5, 0.6) is 0 Å². The minimum atomic E-state index is -4.18. The van der Waals surface area contributed by atoms with Crippen molar-refractivity contribution in [2.75, 3.05) is 0 Å². The van der Waals surface area contributed by atoms with Crippen molar-refractivity contribution in [3.63, 3.8) is 0 Å². The van der Waals surface area contributed by atoms with Gasteiger partial charge >= 0.3 is 6.18 Å². The molecule has 0 aliphatic heterocycles. The topological polar surface area (TPSA) is 12.9 Å². The predicted molar refractivity (Wildman–Crippen MR) is 76.9 cm³/mol. The molecule has 4 heteroatoms. The molecule has 3 aromatic rings. The van der Waals surface area contributed by atoms with Crippen LogP contribution >= 0.6 is 0 Å². The van der Waals surface area contributed by atoms with Gasteiger partial charge in [-0.2, -0.15) is 13.2 Å². The Balaban J connectivity index is 2.00. The van der Waals surface area contributed by atoms with Crippen LogP contribution in [-0.2, 0) is 6.42 Å². The maximum absolute atomic E-state index is 12.4. The Morgan fingerprint density at radius 2 is 1.57 bits per heavy atom. The molecule has 0 aliphatic rings. The molecule has 1 nitrogen and oxygen atoms in total. The lowest BCUT2D eigenvalue weighted by atomic mass is 10.0. The van der Waals surface area contributed by atoms with E-state index < -0.39 is 12.6 Å². The van der Waals surface area contributed by atoms with Gasteiger partial charge in [-0.05, 0) is 17.0 Å². The highest BCUT2D eigenvalue weighted by Crippen LogP contribution is 2.28. The standard InChI is InChI=1S/C17H12F3N/c18-17(19,20)11-12-5-7-14(8-6-12)16-15-4-2-1-3-13(15)9-10-21-16/h1-10H,11H2. The monoisotopic (exact) mass is 287 g/mol. The molecule has 0 radical (unpaired) electrons. The molecule has 0 saturated heterocycles. The highest BCUT2D eigenvalue weighted by molar-refractivity contribution is 5.94. The average molecular weight is 287 g/mol. The van der Waals surface area contributed by atoms with Gasteiger partial charge in [-0.15, -0.1) is 0 Å². The van der Waals surface area contributed by atoms with Gasteiger partial charge < -0.3 is 0 Å². The van der Waals surface area contributed by atoms with Gasteiger partial charge in [-0.3, -0.25) is 4.98 Å². The zero-order valence-corrected chi connectivity index (χ0v) is 11.1. The van der Waals surface area contributed by atoms with Crippen LogP contribution in [0.1, 0.15) is 5.56 Å². The highest BCUT2D eigenvalue weighted by Gasteiger charge is 2.27. The summed E-state index contributed by atoms with van der Waals surface area (Å²) in [5, 5.41) is 2.05. The molecule has 0 amide bonds. The van der Waals surface area contributed by atoms with Crippen LogP contribution in [0.4, 0.5) is 13.2 Å². The first-order valence-electron chi connectivity index (χ1n) is 6.53. The van der Waals surface area contributed by atoms with Gasteiger partial charge in [-0.1, -0.05) is 48.5 Å². The normalized spacial score (nSPS) is 11.8. The van der Waals surface area contributed by atoms with Crippen molar-refractivity contribution in [3.05, 3.63) is 66.4 Å². The summed E-state index contributed by atoms with van der Waals surface area (Å²) in [6, 6.07) is 16.1. The Morgan fingerprint density at radius 3 is 2.29 bits per heavy atom. The van der Waals surface area contributed by atoms with Gasteiger partial charge in [0.25, 0.3) is 0 Å². The molecule has 0 bridgehead atoms. The number of benzene rings is 2. The van der Waals surface area contributed by atoms with E-state index in [1.165, 1.54) is 12.1 Å². The van der Waals surface area contributed by atoms with Crippen LogP contribution in [0.3, 0.4) is 0 Å². The number of pyridine rings is 1. The Hall–Kier alpha value is -2.36. The SMILES string of the molecule is FC(F)(F)Cc1ccc(-c2nccc3ccccc23)cc1. The van der Waals surface area contributed by atoms with E-state index in [0.29, 0.717) is 0 Å². The zero-order valence-electron chi connectivity index (χ0n) is 11.1. The van der Waals surface area contributed by atoms with Crippen molar-refractivity contribution in [3.8, 4) is 11.3 Å². The van der Waals surface area contributed by atoms with Crippen molar-refractivity contribution in [1.82, 2.24) is 4.98 Å². The molecule has 0 aliphatic carbocycles. The first-order valence-corrected chi connectivity index (χ1v) is 6.53. The number of fused-ring (bicyclic) bond motifs is 1. The summed E-state index contributed by atoms with van der Waals surface area (Å²) in [7, 11) is 0. The molecule has 1 aromatic heterocycles. The fourth-order valence-electron chi connectivity index (χ4n) is 2.36. The first kappa shape index (κ1) is 13.6. The summed E-state index contributed by atoms with van der Waals surface area (Å²) in [5.41, 5.74) is 1.86. The minimum absolute atomic E-state index is 0.256. The number of hydrogen-bond donors (Lipinski definition) is 0. The van der Waals surface area contributed by atoms with Gasteiger partial charge in [-0.25, -0.2) is 0 Å². The molecule has 0 unspecified atom stereocenters. The molecule has 0 spiro atoms. The quantitative estimate of drug-likeness (QED) is 0.646. The molecule has 21 heavy (non-hydrogen) atoms. The van der Waals surface area contributed by atoms with Crippen molar-refractivity contribution >= 4 is 10.8 Å². The van der Waals surface area contributed by atoms with E-state index in [1.807, 2.05) is 30.3 Å². The summed E-state index contributed by atoms with van der Waals surface area (Å²) in [4.78, 5) is 4.36. The molecule has 0 atom stereocenters. The third kappa shape index (κ3) is 3.05. The molecule has 3 rings (SSSR count). The summed E-state index contributed by atoms with van der Waals surface area (Å²) in [5.74, 6) is 0. The number of rotatable bonds is 2. The van der Waals surface area contributed by atoms with E-state index in [-0.39, 0.29) is 5.56 Å². The van der Waals surface area contributed by atoms with E-state index in [9.17, 15) is 13.2 Å². The summed E-state index contributed by atoms with van der Waals surface area (Å²) < 4.78 is 37.1. The van der Waals surface area contributed by atoms with Crippen LogP contribution < -0.4 is 0 Å². The van der Waals surface area contributed by atoms with Crippen molar-refractivity contribution < 1.29 is 13.2 Å². The van der Waals surface area contributed by atoms with Crippen molar-refractivity contribution in [2.45, 2.75) is 12.6 Å². The summed E-state index contributed by atoms with van der Waals surface area (Å²) >= 11 is 0. The molecule has 106 valence electrons. The van der Waals surface area contributed by atoms with Crippen LogP contribution in [0.25, 0.3) is 22.0 Å². The second kappa shape index (κ2) is 5.20. The summed E-state index contributed by atoms with van der Waals surface area (Å²) in [6.45, 7) is 0. The number of halogens is 3. The van der Waals surface area contributed by atoms with Crippen LogP contribution in [0, 0.1) is 0 Å². The Kier molecular flexibility index (Phi) is 3.37. The molecular formula is C17H12F3N. The lowest BCUT2D eigenvalue weighted by Crippen LogP contribution is -2.11. The first-order chi connectivity index (χ1) is 10.0. The molecule has 2 aromatic carbocycles. The summed E-state index contributed by atoms with van der Waals surface area (Å²) in [6.07, 6.45) is -3.38. The second-order valence-electron chi connectivity index (χ2n) is 4.87. The Morgan fingerprint density at radius 1 is 0.857 bits per heavy atom. The minimum Gasteiger partial charge on any atom is -0.256 e. The van der Waals surface area contributed by atoms with Gasteiger partial charge in [0.15, 0.2) is 0 Å². The molecular weight excluding hydrogens is 275 g/mol. The highest BCUT2D eigenvalue weighted by atomic mass is 19.4. The number of hydrogen-bond acceptors (Lipinski definition) is 1. The van der Waals surface area contributed by atoms with Crippen molar-refractivity contribution in [2.24, 2.45) is 0 Å². The van der Waals surface area contributed by atoms with E-state index in [2.05, 4.69) is 4.98 Å². The van der Waals surface area contributed by atoms with Crippen LogP contribution in [0.2, 0.25) is 0 Å². The second-order valence-corrected chi connectivity index (χ2v) is 4.87. The van der Waals surface area contributed by atoms with E-state index in [1.54, 1.807) is 18.3 Å². The number of aromatic nitrogens is 1. The van der Waals surface area contributed by atoms with Gasteiger partial charge in [0.1, 0.15) is 0 Å². The average Bonchev–Trinajstić information content (AvgIpc) is 2.46. The smallest absolute Gasteiger partial charge is 0.256 e. The van der Waals surface area contributed by atoms with Crippen LogP contribution in [0.15, 0.2) is 60.8 Å². The fourth-order valence-corrected chi connectivity index (χ4v) is 2.36. The lowest BCUT2D eigenvalue weighted by molar-refractivity contribution is -0.127. The largest absolute Gasteiger partial charge is 0.393 e. The maximum atomic E-state index is 12.4. The number of alkyl halides is 3. The van der Waals surface area contributed by atoms with E-state index in [4.69, 9.17) is 0 Å². The molecule has 1 heterocycles. The molecule has 0 saturated carbocycles. The molecule has 0 N–H and O–H groups in total.